The van der Waals surface area contributed by atoms with E-state index in [4.69, 9.17) is 0 Å². The van der Waals surface area contributed by atoms with Gasteiger partial charge in [-0.2, -0.15) is 5.10 Å². The monoisotopic (exact) mass is 415 g/mol. The number of nitrogens with zero attached hydrogens (tertiary/aromatic N) is 8. The lowest BCUT2D eigenvalue weighted by Gasteiger charge is -2.33. The Morgan fingerprint density at radius 2 is 1.81 bits per heavy atom. The zero-order valence-corrected chi connectivity index (χ0v) is 17.0. The number of hydrogen-bond acceptors (Lipinski definition) is 8. The minimum absolute atomic E-state index is 0.227. The van der Waals surface area contributed by atoms with Crippen molar-refractivity contribution in [2.24, 2.45) is 0 Å². The fraction of sp³-hybridized carbons (Fsp3) is 0.238. The number of amides is 1. The maximum Gasteiger partial charge on any atom is 0.257 e. The molecule has 0 bridgehead atoms. The largest absolute Gasteiger partial charge is 0.354 e. The van der Waals surface area contributed by atoms with Gasteiger partial charge in [-0.3, -0.25) is 4.79 Å². The molecule has 0 aliphatic carbocycles. The molecule has 1 aliphatic heterocycles. The molecule has 4 aromatic rings. The summed E-state index contributed by atoms with van der Waals surface area (Å²) >= 11 is 0. The van der Waals surface area contributed by atoms with Gasteiger partial charge in [-0.15, -0.1) is 0 Å². The second-order valence-corrected chi connectivity index (χ2v) is 7.45. The van der Waals surface area contributed by atoms with E-state index in [0.717, 1.165) is 42.8 Å². The van der Waals surface area contributed by atoms with Crippen LogP contribution in [0.2, 0.25) is 0 Å². The number of carbonyl (C=O) groups is 1. The molecule has 31 heavy (non-hydrogen) atoms. The molecule has 1 aliphatic rings. The Morgan fingerprint density at radius 1 is 0.968 bits per heavy atom. The van der Waals surface area contributed by atoms with Crippen LogP contribution < -0.4 is 10.2 Å². The second kappa shape index (κ2) is 8.07. The van der Waals surface area contributed by atoms with Crippen molar-refractivity contribution in [1.82, 2.24) is 34.6 Å². The first-order chi connectivity index (χ1) is 15.2. The van der Waals surface area contributed by atoms with Crippen LogP contribution in [0.4, 0.5) is 11.6 Å². The van der Waals surface area contributed by atoms with Crippen LogP contribution >= 0.6 is 0 Å². The van der Waals surface area contributed by atoms with Gasteiger partial charge in [0.1, 0.15) is 24.3 Å². The highest BCUT2D eigenvalue weighted by atomic mass is 16.1. The molecule has 0 atom stereocenters. The van der Waals surface area contributed by atoms with E-state index in [2.05, 4.69) is 47.2 Å². The molecule has 1 N–H and O–H groups in total. The Hall–Kier alpha value is -3.92. The van der Waals surface area contributed by atoms with E-state index in [0.29, 0.717) is 17.2 Å². The Kier molecular flexibility index (Phi) is 4.97. The van der Waals surface area contributed by atoms with Crippen molar-refractivity contribution >= 4 is 28.3 Å². The minimum atomic E-state index is -0.227. The summed E-state index contributed by atoms with van der Waals surface area (Å²) in [4.78, 5) is 34.4. The van der Waals surface area contributed by atoms with Crippen molar-refractivity contribution in [1.29, 1.82) is 0 Å². The lowest BCUT2D eigenvalue weighted by molar-refractivity contribution is 0.102. The first kappa shape index (κ1) is 19.1. The smallest absolute Gasteiger partial charge is 0.257 e. The van der Waals surface area contributed by atoms with Crippen LogP contribution in [0.5, 0.6) is 0 Å². The normalized spacial score (nSPS) is 14.7. The predicted octanol–water partition coefficient (Wildman–Crippen LogP) is 1.61. The lowest BCUT2D eigenvalue weighted by atomic mass is 10.2. The zero-order chi connectivity index (χ0) is 21.2. The van der Waals surface area contributed by atoms with Crippen LogP contribution in [-0.4, -0.2) is 73.8 Å². The zero-order valence-electron chi connectivity index (χ0n) is 17.0. The van der Waals surface area contributed by atoms with Gasteiger partial charge in [0.25, 0.3) is 5.91 Å². The van der Waals surface area contributed by atoms with Crippen LogP contribution in [0.15, 0.2) is 55.5 Å². The SMILES string of the molecule is CN1CCN(c2cc(C(=O)Nc3cc4cc(-n5cncn5)ncc4cn3)ccn2)CC1. The number of fused-ring (bicyclic) bond motifs is 1. The molecule has 5 rings (SSSR count). The van der Waals surface area contributed by atoms with E-state index in [1.54, 1.807) is 35.7 Å². The molecule has 0 unspecified atom stereocenters. The molecular weight excluding hydrogens is 394 g/mol. The van der Waals surface area contributed by atoms with Crippen molar-refractivity contribution in [2.75, 3.05) is 43.4 Å². The number of aromatic nitrogens is 6. The standard InChI is InChI=1S/C21H21N9O/c1-28-4-6-29(7-5-28)19-9-15(2-3-23-19)21(31)27-18-8-16-10-20(30-14-22-13-26-30)25-12-17(16)11-24-18/h2-3,8-14H,4-7H2,1H3,(H,24,27,31). The number of likely N-dealkylation sites (N-methyl/N-ethyl adjacent to an activating group) is 1. The fourth-order valence-electron chi connectivity index (χ4n) is 3.50. The molecule has 4 aromatic heterocycles. The second-order valence-electron chi connectivity index (χ2n) is 7.45. The number of nitrogens with one attached hydrogen (secondary N) is 1. The van der Waals surface area contributed by atoms with Gasteiger partial charge in [-0.25, -0.2) is 24.6 Å². The van der Waals surface area contributed by atoms with Gasteiger partial charge in [0.15, 0.2) is 5.82 Å². The van der Waals surface area contributed by atoms with Crippen LogP contribution in [0.1, 0.15) is 10.4 Å². The lowest BCUT2D eigenvalue weighted by Crippen LogP contribution is -2.44. The third kappa shape index (κ3) is 4.05. The molecule has 5 heterocycles. The quantitative estimate of drug-likeness (QED) is 0.536. The summed E-state index contributed by atoms with van der Waals surface area (Å²) in [6, 6.07) is 7.23. The third-order valence-corrected chi connectivity index (χ3v) is 5.32. The van der Waals surface area contributed by atoms with Crippen LogP contribution in [0, 0.1) is 0 Å². The van der Waals surface area contributed by atoms with Gasteiger partial charge >= 0.3 is 0 Å². The van der Waals surface area contributed by atoms with Crippen LogP contribution in [-0.2, 0) is 0 Å². The first-order valence-electron chi connectivity index (χ1n) is 9.97. The molecule has 1 saturated heterocycles. The van der Waals surface area contributed by atoms with E-state index in [1.807, 2.05) is 18.2 Å². The number of rotatable bonds is 4. The number of carbonyl (C=O) groups excluding carboxylic acids is 1. The van der Waals surface area contributed by atoms with Crippen molar-refractivity contribution < 1.29 is 4.79 Å². The Bertz CT molecular complexity index is 1220. The fourth-order valence-corrected chi connectivity index (χ4v) is 3.50. The van der Waals surface area contributed by atoms with Crippen molar-refractivity contribution in [3.05, 3.63) is 61.1 Å². The molecule has 0 saturated carbocycles. The number of hydrogen-bond donors (Lipinski definition) is 1. The summed E-state index contributed by atoms with van der Waals surface area (Å²) in [5, 5.41) is 8.73. The average Bonchev–Trinajstić information content (AvgIpc) is 3.34. The van der Waals surface area contributed by atoms with Crippen molar-refractivity contribution in [3.63, 3.8) is 0 Å². The van der Waals surface area contributed by atoms with Crippen LogP contribution in [0.3, 0.4) is 0 Å². The maximum atomic E-state index is 12.9. The highest BCUT2D eigenvalue weighted by molar-refractivity contribution is 6.04. The van der Waals surface area contributed by atoms with Gasteiger partial charge in [0.05, 0.1) is 0 Å². The predicted molar refractivity (Wildman–Crippen MR) is 116 cm³/mol. The summed E-state index contributed by atoms with van der Waals surface area (Å²) in [6.45, 7) is 3.74. The molecule has 0 aromatic carbocycles. The van der Waals surface area contributed by atoms with Crippen molar-refractivity contribution in [3.8, 4) is 5.82 Å². The van der Waals surface area contributed by atoms with Crippen molar-refractivity contribution in [2.45, 2.75) is 0 Å². The Morgan fingerprint density at radius 3 is 2.61 bits per heavy atom. The van der Waals surface area contributed by atoms with E-state index >= 15 is 0 Å². The molecule has 0 spiro atoms. The van der Waals surface area contributed by atoms with E-state index < -0.39 is 0 Å². The average molecular weight is 415 g/mol. The van der Waals surface area contributed by atoms with Gasteiger partial charge in [-0.1, -0.05) is 0 Å². The van der Waals surface area contributed by atoms with E-state index in [9.17, 15) is 4.79 Å². The summed E-state index contributed by atoms with van der Waals surface area (Å²) < 4.78 is 1.58. The van der Waals surface area contributed by atoms with Gasteiger partial charge in [-0.05, 0) is 36.7 Å². The van der Waals surface area contributed by atoms with Gasteiger partial charge in [0, 0.05) is 55.7 Å². The highest BCUT2D eigenvalue weighted by Crippen LogP contribution is 2.20. The summed E-state index contributed by atoms with van der Waals surface area (Å²) in [5.74, 6) is 1.69. The summed E-state index contributed by atoms with van der Waals surface area (Å²) in [6.07, 6.45) is 8.11. The molecular formula is C21H21N9O. The Balaban J connectivity index is 1.35. The number of anilines is 2. The number of pyridine rings is 3. The number of piperazine rings is 1. The Labute approximate surface area is 178 Å². The van der Waals surface area contributed by atoms with E-state index in [-0.39, 0.29) is 5.91 Å². The van der Waals surface area contributed by atoms with Gasteiger partial charge < -0.3 is 15.1 Å². The maximum absolute atomic E-state index is 12.9. The molecule has 10 heteroatoms. The first-order valence-corrected chi connectivity index (χ1v) is 9.97. The minimum Gasteiger partial charge on any atom is -0.354 e. The highest BCUT2D eigenvalue weighted by Gasteiger charge is 2.17. The molecule has 10 nitrogen and oxygen atoms in total. The van der Waals surface area contributed by atoms with Crippen LogP contribution in [0.25, 0.3) is 16.6 Å². The topological polar surface area (TPSA) is 105 Å². The third-order valence-electron chi connectivity index (χ3n) is 5.32. The molecule has 1 amide bonds. The van der Waals surface area contributed by atoms with Gasteiger partial charge in [0.2, 0.25) is 0 Å². The van der Waals surface area contributed by atoms with E-state index in [1.165, 1.54) is 6.33 Å². The summed E-state index contributed by atoms with van der Waals surface area (Å²) in [7, 11) is 2.11. The molecule has 156 valence electrons. The summed E-state index contributed by atoms with van der Waals surface area (Å²) in [5.41, 5.74) is 0.545. The molecule has 0 radical (unpaired) electrons. The molecule has 1 fully saturated rings.